The first kappa shape index (κ1) is 15.5. The Morgan fingerprint density at radius 3 is 2.52 bits per heavy atom. The molecule has 1 amide bonds. The molecule has 4 nitrogen and oxygen atoms in total. The molecule has 4 heteroatoms. The number of nitrogens with one attached hydrogen (secondary N) is 2. The zero-order valence-electron chi connectivity index (χ0n) is 13.3. The second-order valence-electron chi connectivity index (χ2n) is 5.90. The second-order valence-corrected chi connectivity index (χ2v) is 5.90. The van der Waals surface area contributed by atoms with Gasteiger partial charge in [-0.3, -0.25) is 9.59 Å². The number of aromatic nitrogens is 1. The van der Waals surface area contributed by atoms with E-state index in [0.717, 1.165) is 24.1 Å². The molecule has 0 aliphatic heterocycles. The van der Waals surface area contributed by atoms with Crippen LogP contribution in [0.2, 0.25) is 0 Å². The number of H-pyrrole nitrogens is 1. The fourth-order valence-electron chi connectivity index (χ4n) is 3.06. The van der Waals surface area contributed by atoms with Gasteiger partial charge < -0.3 is 10.3 Å². The van der Waals surface area contributed by atoms with E-state index < -0.39 is 0 Å². The van der Waals surface area contributed by atoms with Crippen LogP contribution in [-0.2, 0) is 0 Å². The fraction of sp³-hybridized carbons (Fsp3) is 0.529. The number of rotatable bonds is 4. The average molecular weight is 288 g/mol. The third-order valence-corrected chi connectivity index (χ3v) is 4.25. The molecule has 1 aliphatic rings. The summed E-state index contributed by atoms with van der Waals surface area (Å²) in [5.74, 6) is -0.148. The number of Topliss-reactive ketones (excluding diaryl/α,β-unsaturated/α-hetero) is 1. The second kappa shape index (κ2) is 6.29. The van der Waals surface area contributed by atoms with E-state index in [1.165, 1.54) is 25.3 Å². The first-order valence-electron chi connectivity index (χ1n) is 7.61. The molecule has 0 radical (unpaired) electrons. The van der Waals surface area contributed by atoms with E-state index in [4.69, 9.17) is 0 Å². The Balaban J connectivity index is 2.17. The fourth-order valence-corrected chi connectivity index (χ4v) is 3.06. The first-order chi connectivity index (χ1) is 9.91. The molecule has 1 atom stereocenters. The van der Waals surface area contributed by atoms with Crippen LogP contribution in [0.4, 0.5) is 0 Å². The van der Waals surface area contributed by atoms with Crippen LogP contribution in [0.3, 0.4) is 0 Å². The van der Waals surface area contributed by atoms with Crippen molar-refractivity contribution in [1.29, 1.82) is 0 Å². The highest BCUT2D eigenvalue weighted by molar-refractivity contribution is 6.02. The van der Waals surface area contributed by atoms with Gasteiger partial charge in [-0.1, -0.05) is 11.6 Å². The van der Waals surface area contributed by atoms with Crippen molar-refractivity contribution in [3.05, 3.63) is 34.2 Å². The number of amides is 1. The molecule has 2 N–H and O–H groups in total. The Hall–Kier alpha value is -1.84. The van der Waals surface area contributed by atoms with Crippen molar-refractivity contribution in [2.24, 2.45) is 0 Å². The summed E-state index contributed by atoms with van der Waals surface area (Å²) in [6.45, 7) is 7.19. The van der Waals surface area contributed by atoms with Gasteiger partial charge in [-0.2, -0.15) is 0 Å². The molecule has 114 valence electrons. The van der Waals surface area contributed by atoms with Crippen LogP contribution in [0, 0.1) is 13.8 Å². The number of carbonyl (C=O) groups is 2. The predicted octanol–water partition coefficient (Wildman–Crippen LogP) is 3.45. The summed E-state index contributed by atoms with van der Waals surface area (Å²) in [4.78, 5) is 27.1. The molecule has 0 saturated heterocycles. The summed E-state index contributed by atoms with van der Waals surface area (Å²) in [6, 6.07) is 0.0484. The predicted molar refractivity (Wildman–Crippen MR) is 83.8 cm³/mol. The topological polar surface area (TPSA) is 62.0 Å². The number of hydrogen-bond donors (Lipinski definition) is 2. The smallest absolute Gasteiger partial charge is 0.253 e. The lowest BCUT2D eigenvalue weighted by atomic mass is 9.94. The largest absolute Gasteiger partial charge is 0.355 e. The maximum absolute atomic E-state index is 12.5. The van der Waals surface area contributed by atoms with Gasteiger partial charge in [0.05, 0.1) is 11.3 Å². The number of allylic oxidation sites excluding steroid dienone is 1. The molecule has 0 spiro atoms. The average Bonchev–Trinajstić information content (AvgIpc) is 2.75. The standard InChI is InChI=1S/C17H24N2O2/c1-10-15(12(3)18-16(10)13(4)20)17(21)19-11(2)14-8-6-5-7-9-14/h8,11,18H,5-7,9H2,1-4H3,(H,19,21)/t11-/m1/s1. The van der Waals surface area contributed by atoms with Crippen LogP contribution in [0.1, 0.15) is 71.6 Å². The lowest BCUT2D eigenvalue weighted by Gasteiger charge is -2.21. The van der Waals surface area contributed by atoms with Crippen molar-refractivity contribution in [2.75, 3.05) is 0 Å². The van der Waals surface area contributed by atoms with E-state index >= 15 is 0 Å². The van der Waals surface area contributed by atoms with Crippen molar-refractivity contribution in [3.63, 3.8) is 0 Å². The Labute approximate surface area is 126 Å². The number of ketones is 1. The Bertz CT molecular complexity index is 596. The summed E-state index contributed by atoms with van der Waals surface area (Å²) in [6.07, 6.45) is 6.84. The molecular weight excluding hydrogens is 264 g/mol. The summed E-state index contributed by atoms with van der Waals surface area (Å²) >= 11 is 0. The quantitative estimate of drug-likeness (QED) is 0.658. The van der Waals surface area contributed by atoms with Crippen molar-refractivity contribution in [1.82, 2.24) is 10.3 Å². The van der Waals surface area contributed by atoms with E-state index in [0.29, 0.717) is 11.3 Å². The molecule has 1 aromatic heterocycles. The maximum Gasteiger partial charge on any atom is 0.253 e. The van der Waals surface area contributed by atoms with Crippen molar-refractivity contribution < 1.29 is 9.59 Å². The summed E-state index contributed by atoms with van der Waals surface area (Å²) in [5.41, 5.74) is 3.93. The lowest BCUT2D eigenvalue weighted by molar-refractivity contribution is 0.0943. The van der Waals surface area contributed by atoms with E-state index in [2.05, 4.69) is 16.4 Å². The van der Waals surface area contributed by atoms with Gasteiger partial charge in [-0.15, -0.1) is 0 Å². The molecule has 0 bridgehead atoms. The molecule has 1 heterocycles. The van der Waals surface area contributed by atoms with Crippen LogP contribution in [-0.4, -0.2) is 22.7 Å². The highest BCUT2D eigenvalue weighted by atomic mass is 16.2. The van der Waals surface area contributed by atoms with Gasteiger partial charge in [0.1, 0.15) is 0 Å². The van der Waals surface area contributed by atoms with Gasteiger partial charge >= 0.3 is 0 Å². The van der Waals surface area contributed by atoms with Crippen molar-refractivity contribution >= 4 is 11.7 Å². The molecule has 21 heavy (non-hydrogen) atoms. The normalized spacial score (nSPS) is 16.3. The van der Waals surface area contributed by atoms with Gasteiger partial charge in [0.15, 0.2) is 5.78 Å². The molecule has 0 saturated carbocycles. The zero-order chi connectivity index (χ0) is 15.6. The Morgan fingerprint density at radius 1 is 1.29 bits per heavy atom. The molecule has 1 aromatic rings. The van der Waals surface area contributed by atoms with Crippen LogP contribution >= 0.6 is 0 Å². The summed E-state index contributed by atoms with van der Waals surface area (Å²) in [7, 11) is 0. The molecule has 1 aliphatic carbocycles. The zero-order valence-corrected chi connectivity index (χ0v) is 13.3. The first-order valence-corrected chi connectivity index (χ1v) is 7.61. The number of aromatic amines is 1. The SMILES string of the molecule is CC(=O)c1[nH]c(C)c(C(=O)N[C@H](C)C2=CCCCC2)c1C. The number of aryl methyl sites for hydroxylation is 1. The van der Waals surface area contributed by atoms with Gasteiger partial charge in [0, 0.05) is 18.7 Å². The van der Waals surface area contributed by atoms with Crippen LogP contribution < -0.4 is 5.32 Å². The third kappa shape index (κ3) is 3.26. The molecule has 0 unspecified atom stereocenters. The van der Waals surface area contributed by atoms with E-state index in [1.54, 1.807) is 0 Å². The minimum absolute atomic E-state index is 0.0438. The minimum atomic E-state index is -0.104. The van der Waals surface area contributed by atoms with Gasteiger partial charge in [-0.25, -0.2) is 0 Å². The summed E-state index contributed by atoms with van der Waals surface area (Å²) < 4.78 is 0. The molecular formula is C17H24N2O2. The molecule has 0 aromatic carbocycles. The lowest BCUT2D eigenvalue weighted by Crippen LogP contribution is -2.35. The maximum atomic E-state index is 12.5. The van der Waals surface area contributed by atoms with Crippen LogP contribution in [0.25, 0.3) is 0 Å². The highest BCUT2D eigenvalue weighted by Crippen LogP contribution is 2.22. The van der Waals surface area contributed by atoms with Crippen molar-refractivity contribution in [3.8, 4) is 0 Å². The Kier molecular flexibility index (Phi) is 4.66. The van der Waals surface area contributed by atoms with E-state index in [9.17, 15) is 9.59 Å². The van der Waals surface area contributed by atoms with E-state index in [1.807, 2.05) is 20.8 Å². The monoisotopic (exact) mass is 288 g/mol. The minimum Gasteiger partial charge on any atom is -0.355 e. The third-order valence-electron chi connectivity index (χ3n) is 4.25. The van der Waals surface area contributed by atoms with Crippen LogP contribution in [0.5, 0.6) is 0 Å². The highest BCUT2D eigenvalue weighted by Gasteiger charge is 2.22. The van der Waals surface area contributed by atoms with Gasteiger partial charge in [0.2, 0.25) is 0 Å². The van der Waals surface area contributed by atoms with Crippen molar-refractivity contribution in [2.45, 2.75) is 59.4 Å². The summed E-state index contributed by atoms with van der Waals surface area (Å²) in [5, 5.41) is 3.06. The number of carbonyl (C=O) groups excluding carboxylic acids is 2. The van der Waals surface area contributed by atoms with Crippen LogP contribution in [0.15, 0.2) is 11.6 Å². The molecule has 0 fully saturated rings. The van der Waals surface area contributed by atoms with E-state index in [-0.39, 0.29) is 17.7 Å². The molecule has 2 rings (SSSR count). The van der Waals surface area contributed by atoms with Gasteiger partial charge in [0.25, 0.3) is 5.91 Å². The number of hydrogen-bond acceptors (Lipinski definition) is 2. The Morgan fingerprint density at radius 2 is 2.00 bits per heavy atom. The van der Waals surface area contributed by atoms with Gasteiger partial charge in [-0.05, 0) is 52.0 Å².